The standard InChI is InChI=1S/C68H104N6O5/c1-22-23-27-71-42-74(70-79-73-38-46-29-49(62(6,7)8)57(76)53(34-46)66(16,17)40-67(18,19)54-35-47(39-73)30-50(58(54)77)63(9,10)11)60(69)72-36-44-28-48(61(3,4)5)56(75)52(32-44)65(14,15)41-68(20,21)55-33-45(37-72)31-51(59(55)78)64(12,13)26-24-25-43(71)2/h28-35,55,59,69-70,75-78H,2,22-27,36-42H2,1,3-21H3. The predicted molar refractivity (Wildman–Crippen MR) is 325 cm³/mol. The molecule has 0 saturated carbocycles. The van der Waals surface area contributed by atoms with E-state index in [1.165, 1.54) is 0 Å². The first-order valence-corrected chi connectivity index (χ1v) is 29.6. The monoisotopic (exact) mass is 1080 g/mol. The third-order valence-electron chi connectivity index (χ3n) is 18.1. The summed E-state index contributed by atoms with van der Waals surface area (Å²) in [5, 5.41) is 64.0. The second-order valence-corrected chi connectivity index (χ2v) is 30.8. The highest BCUT2D eigenvalue weighted by Crippen LogP contribution is 2.53. The van der Waals surface area contributed by atoms with Crippen molar-refractivity contribution in [2.75, 3.05) is 19.8 Å². The van der Waals surface area contributed by atoms with Gasteiger partial charge in [0, 0.05) is 47.9 Å². The highest BCUT2D eigenvalue weighted by molar-refractivity contribution is 5.77. The van der Waals surface area contributed by atoms with Gasteiger partial charge in [0.25, 0.3) is 0 Å². The molecule has 0 saturated heterocycles. The van der Waals surface area contributed by atoms with E-state index in [1.54, 1.807) is 0 Å². The van der Waals surface area contributed by atoms with E-state index in [1.807, 2.05) is 10.1 Å². The van der Waals surface area contributed by atoms with Gasteiger partial charge in [0.2, 0.25) is 5.96 Å². The van der Waals surface area contributed by atoms with Crippen LogP contribution in [0.25, 0.3) is 0 Å². The number of aliphatic hydroxyl groups excluding tert-OH is 1. The average molecular weight is 1090 g/mol. The first-order chi connectivity index (χ1) is 36.2. The number of rotatable bonds is 6. The molecular formula is C68H104N6O5. The van der Waals surface area contributed by atoms with Crippen LogP contribution < -0.4 is 5.59 Å². The molecule has 0 aromatic heterocycles. The molecule has 2 atom stereocenters. The zero-order valence-electron chi connectivity index (χ0n) is 52.7. The number of phenolic OH excluding ortho intramolecular Hbond substituents is 3. The molecule has 11 nitrogen and oxygen atoms in total. The summed E-state index contributed by atoms with van der Waals surface area (Å²) in [5.41, 5.74) is 11.2. The maximum atomic E-state index is 12.8. The summed E-state index contributed by atoms with van der Waals surface area (Å²) >= 11 is 0. The zero-order chi connectivity index (χ0) is 59.0. The molecule has 3 aromatic rings. The van der Waals surface area contributed by atoms with E-state index in [2.05, 4.69) is 202 Å². The molecule has 1 aliphatic carbocycles. The van der Waals surface area contributed by atoms with Gasteiger partial charge >= 0.3 is 0 Å². The van der Waals surface area contributed by atoms with E-state index in [4.69, 9.17) is 11.5 Å². The van der Waals surface area contributed by atoms with Crippen molar-refractivity contribution in [3.8, 4) is 17.2 Å². The number of nitrogens with one attached hydrogen (secondary N) is 2. The fourth-order valence-electron chi connectivity index (χ4n) is 13.9. The van der Waals surface area contributed by atoms with Gasteiger partial charge in [0.05, 0.1) is 19.2 Å². The molecular weight excluding hydrogens is 981 g/mol. The molecule has 0 spiro atoms. The van der Waals surface area contributed by atoms with Gasteiger partial charge in [-0.3, -0.25) is 5.41 Å². The number of phenols is 3. The Hall–Kier alpha value is -4.81. The average Bonchev–Trinajstić information content (AvgIpc) is 3.30. The number of hydrazine groups is 1. The first-order valence-electron chi connectivity index (χ1n) is 29.6. The minimum atomic E-state index is -0.723. The number of allylic oxidation sites excluding steroid dienone is 1. The number of aromatic hydroxyl groups is 3. The van der Waals surface area contributed by atoms with Gasteiger partial charge in [-0.2, -0.15) is 10.0 Å². The molecule has 7 rings (SSSR count). The molecule has 4 aliphatic rings. The number of aliphatic hydroxyl groups is 1. The van der Waals surface area contributed by atoms with Crippen molar-refractivity contribution in [1.82, 2.24) is 25.5 Å². The van der Waals surface area contributed by atoms with Crippen LogP contribution >= 0.6 is 0 Å². The molecule has 11 heteroatoms. The maximum Gasteiger partial charge on any atom is 0.212 e. The molecule has 436 valence electrons. The number of guanidine groups is 1. The van der Waals surface area contributed by atoms with Gasteiger partial charge in [-0.15, -0.1) is 0 Å². The van der Waals surface area contributed by atoms with Crippen LogP contribution in [0.4, 0.5) is 0 Å². The Balaban J connectivity index is 1.44. The molecule has 0 amide bonds. The van der Waals surface area contributed by atoms with Crippen LogP contribution in [0.5, 0.6) is 17.2 Å². The van der Waals surface area contributed by atoms with Gasteiger partial charge in [-0.1, -0.05) is 193 Å². The molecule has 10 bridgehead atoms. The van der Waals surface area contributed by atoms with Crippen molar-refractivity contribution in [1.29, 1.82) is 5.41 Å². The Morgan fingerprint density at radius 1 is 0.658 bits per heavy atom. The highest BCUT2D eigenvalue weighted by Gasteiger charge is 2.46. The lowest BCUT2D eigenvalue weighted by Gasteiger charge is -2.47. The fraction of sp³-hybridized carbons (Fsp3) is 0.632. The minimum absolute atomic E-state index is 0.188. The molecule has 0 fully saturated rings. The minimum Gasteiger partial charge on any atom is -0.507 e. The lowest BCUT2D eigenvalue weighted by atomic mass is 9.60. The van der Waals surface area contributed by atoms with Crippen molar-refractivity contribution in [3.63, 3.8) is 0 Å². The number of hydroxylamine groups is 2. The first kappa shape index (κ1) is 61.8. The van der Waals surface area contributed by atoms with Crippen LogP contribution in [-0.4, -0.2) is 72.1 Å². The molecule has 2 unspecified atom stereocenters. The van der Waals surface area contributed by atoms with E-state index in [9.17, 15) is 25.8 Å². The zero-order valence-corrected chi connectivity index (χ0v) is 52.7. The summed E-state index contributed by atoms with van der Waals surface area (Å²) in [6.45, 7) is 50.9. The largest absolute Gasteiger partial charge is 0.507 e. The van der Waals surface area contributed by atoms with Gasteiger partial charge in [-0.05, 0) is 139 Å². The number of hydrogen-bond acceptors (Lipinski definition) is 9. The van der Waals surface area contributed by atoms with E-state index >= 15 is 0 Å². The molecule has 0 radical (unpaired) electrons. The van der Waals surface area contributed by atoms with E-state index in [-0.39, 0.29) is 40.2 Å². The summed E-state index contributed by atoms with van der Waals surface area (Å²) in [7, 11) is 0. The number of unbranched alkanes of at least 4 members (excludes halogenated alkanes) is 1. The SMILES string of the molecule is C=C1CCCC(C)(C)C2=CC3=CC(C2O)C(C)(C)CC(C)(C)c2cc(cc(C(C)(C)C)c2O)CN(C3)C(=N)N(NON2Cc3cc(C(C)(C)C)c(O)c(c3)C(C)(C)CC(C)(C)c3cc(cc(C(C)(C)C)c3O)C2)CN1CCCC. The van der Waals surface area contributed by atoms with Crippen LogP contribution in [0.3, 0.4) is 0 Å². The van der Waals surface area contributed by atoms with Gasteiger partial charge < -0.3 is 30.2 Å². The van der Waals surface area contributed by atoms with Gasteiger partial charge in [-0.25, -0.2) is 5.01 Å². The third kappa shape index (κ3) is 13.3. The van der Waals surface area contributed by atoms with Crippen molar-refractivity contribution in [3.05, 3.63) is 122 Å². The summed E-state index contributed by atoms with van der Waals surface area (Å²) in [5.74, 6) is 0.858. The molecule has 79 heavy (non-hydrogen) atoms. The summed E-state index contributed by atoms with van der Waals surface area (Å²) in [6.07, 6.45) is 9.56. The third-order valence-corrected chi connectivity index (χ3v) is 18.1. The summed E-state index contributed by atoms with van der Waals surface area (Å²) in [6, 6.07) is 12.8. The van der Waals surface area contributed by atoms with Crippen molar-refractivity contribution < 1.29 is 25.4 Å². The van der Waals surface area contributed by atoms with E-state index in [0.29, 0.717) is 49.8 Å². The smallest absolute Gasteiger partial charge is 0.212 e. The van der Waals surface area contributed by atoms with Crippen LogP contribution in [0.2, 0.25) is 0 Å². The highest BCUT2D eigenvalue weighted by atomic mass is 16.8. The van der Waals surface area contributed by atoms with Crippen molar-refractivity contribution >= 4 is 5.96 Å². The Bertz CT molecular complexity index is 2760. The van der Waals surface area contributed by atoms with Crippen LogP contribution in [0, 0.1) is 22.2 Å². The maximum absolute atomic E-state index is 12.8. The van der Waals surface area contributed by atoms with Crippen molar-refractivity contribution in [2.24, 2.45) is 16.7 Å². The van der Waals surface area contributed by atoms with Crippen LogP contribution in [-0.2, 0) is 57.1 Å². The lowest BCUT2D eigenvalue weighted by Crippen LogP contribution is -2.56. The number of nitrogens with zero attached hydrogens (tertiary/aromatic N) is 4. The number of benzene rings is 3. The predicted octanol–water partition coefficient (Wildman–Crippen LogP) is 15.1. The quantitative estimate of drug-likeness (QED) is 0.132. The Morgan fingerprint density at radius 3 is 1.57 bits per heavy atom. The second kappa shape index (κ2) is 21.8. The van der Waals surface area contributed by atoms with E-state index in [0.717, 1.165) is 112 Å². The Labute approximate surface area is 477 Å². The Morgan fingerprint density at radius 2 is 1.11 bits per heavy atom. The van der Waals surface area contributed by atoms with Crippen LogP contribution in [0.1, 0.15) is 233 Å². The Kier molecular flexibility index (Phi) is 17.1. The fourth-order valence-corrected chi connectivity index (χ4v) is 13.9. The number of fused-ring (bicyclic) bond motifs is 8. The normalized spacial score (nSPS) is 23.0. The van der Waals surface area contributed by atoms with E-state index < -0.39 is 27.8 Å². The van der Waals surface area contributed by atoms with Gasteiger partial charge in [0.1, 0.15) is 23.9 Å². The van der Waals surface area contributed by atoms with Crippen LogP contribution in [0.15, 0.2) is 72.0 Å². The summed E-state index contributed by atoms with van der Waals surface area (Å²) in [4.78, 5) is 11.5. The second-order valence-electron chi connectivity index (χ2n) is 30.8. The molecule has 6 N–H and O–H groups in total. The molecule has 3 aromatic carbocycles. The lowest BCUT2D eigenvalue weighted by molar-refractivity contribution is -0.264. The topological polar surface area (TPSA) is 139 Å². The number of hydrogen-bond donors (Lipinski definition) is 6. The molecule has 3 heterocycles. The molecule has 3 aliphatic heterocycles. The van der Waals surface area contributed by atoms with Crippen molar-refractivity contribution in [2.45, 2.75) is 242 Å². The summed E-state index contributed by atoms with van der Waals surface area (Å²) < 4.78 is 0. The van der Waals surface area contributed by atoms with Gasteiger partial charge in [0.15, 0.2) is 0 Å².